The molecule has 2 heterocycles. The molecule has 2 aromatic rings. The summed E-state index contributed by atoms with van der Waals surface area (Å²) in [5, 5.41) is 3.30. The monoisotopic (exact) mass is 794 g/mol. The summed E-state index contributed by atoms with van der Waals surface area (Å²) in [7, 11) is 11.7. The SMILES string of the molecule is CC.CC.CPC1=C(C)SC(C)[C@@H]1C1=C(C)S[C@H](C)C1PC.S.[Cl][Ru+2][Cl].[NH-][C@H](c1ccccc1)[C@H]([NH-])c1ccccc1. The Hall–Kier alpha value is 0.953. The van der Waals surface area contributed by atoms with Crippen LogP contribution in [-0.2, 0) is 15.1 Å². The van der Waals surface area contributed by atoms with Crippen molar-refractivity contribution in [2.45, 2.75) is 83.6 Å². The molecule has 0 aromatic heterocycles. The van der Waals surface area contributed by atoms with Crippen LogP contribution in [0.1, 0.15) is 78.6 Å². The van der Waals surface area contributed by atoms with E-state index in [9.17, 15) is 0 Å². The fraction of sp³-hybridized carbons (Fsp3) is 0.500. The number of hydrogen-bond acceptors (Lipinski definition) is 2. The summed E-state index contributed by atoms with van der Waals surface area (Å²) in [5.41, 5.74) is 20.6. The van der Waals surface area contributed by atoms with Gasteiger partial charge in [0.05, 0.1) is 0 Å². The Morgan fingerprint density at radius 3 is 1.48 bits per heavy atom. The molecule has 2 aromatic carbocycles. The van der Waals surface area contributed by atoms with Crippen molar-refractivity contribution in [2.24, 2.45) is 5.92 Å². The van der Waals surface area contributed by atoms with Crippen LogP contribution < -0.4 is 0 Å². The molecule has 0 fully saturated rings. The molecular formula is C32H52Cl2N2P2RuS3. The molecule has 2 aliphatic rings. The van der Waals surface area contributed by atoms with E-state index in [4.69, 9.17) is 30.8 Å². The topological polar surface area (TPSA) is 47.6 Å². The Labute approximate surface area is 293 Å². The van der Waals surface area contributed by atoms with Crippen molar-refractivity contribution in [1.29, 1.82) is 0 Å². The van der Waals surface area contributed by atoms with Gasteiger partial charge in [0, 0.05) is 22.1 Å². The van der Waals surface area contributed by atoms with E-state index >= 15 is 0 Å². The molecule has 8 atom stereocenters. The summed E-state index contributed by atoms with van der Waals surface area (Å²) >= 11 is 3.89. The number of nitrogens with one attached hydrogen (secondary N) is 2. The maximum Gasteiger partial charge on any atom is -0.0606 e. The van der Waals surface area contributed by atoms with Crippen LogP contribution in [0.25, 0.3) is 11.5 Å². The molecule has 4 rings (SSSR count). The number of hydrogen-bond donors (Lipinski definition) is 0. The summed E-state index contributed by atoms with van der Waals surface area (Å²) in [5.74, 6) is 0.744. The number of thioether (sulfide) groups is 2. The molecule has 0 bridgehead atoms. The first-order valence-corrected chi connectivity index (χ1v) is 23.5. The second-order valence-corrected chi connectivity index (χ2v) is 17.0. The van der Waals surface area contributed by atoms with Gasteiger partial charge in [-0.1, -0.05) is 122 Å². The molecule has 0 saturated heterocycles. The summed E-state index contributed by atoms with van der Waals surface area (Å²) in [6, 6.07) is 18.1. The van der Waals surface area contributed by atoms with Gasteiger partial charge in [0.15, 0.2) is 0 Å². The van der Waals surface area contributed by atoms with Gasteiger partial charge < -0.3 is 11.5 Å². The normalized spacial score (nSPS) is 22.6. The second-order valence-electron chi connectivity index (χ2n) is 8.95. The zero-order chi connectivity index (χ0) is 31.5. The van der Waals surface area contributed by atoms with E-state index in [1.165, 1.54) is 0 Å². The standard InChI is InChI=1S/C14H14N2.C14H24P2S2.2C2H6.2ClH.Ru.H2S/c15-13(11-7-3-1-4-8-11)14(16)12-9-5-2-6-10-12;1-7-11(13(15-5)9(3)17-7)12-8(2)18-10(4)14(12)16-6;2*1-2;;;;/h1-10,13-16H;7,10-11,14-16H,1-6H3;2*1-2H3;2*1H;;1H2/q-2;;;;;;+4;/p-2/t13-,14-;7?,10-,11-,14?;;;;;;/m11....../s1. The van der Waals surface area contributed by atoms with Gasteiger partial charge in [-0.15, -0.1) is 44.2 Å². The third-order valence-corrected chi connectivity index (χ3v) is 12.2. The molecule has 2 nitrogen and oxygen atoms in total. The van der Waals surface area contributed by atoms with Crippen molar-refractivity contribution in [3.05, 3.63) is 104 Å². The summed E-state index contributed by atoms with van der Waals surface area (Å²) in [4.78, 5) is 3.24. The molecule has 10 heteroatoms. The van der Waals surface area contributed by atoms with Crippen LogP contribution in [0.4, 0.5) is 0 Å². The van der Waals surface area contributed by atoms with Gasteiger partial charge in [0.25, 0.3) is 0 Å². The van der Waals surface area contributed by atoms with Crippen LogP contribution in [0.5, 0.6) is 0 Å². The van der Waals surface area contributed by atoms with Crippen molar-refractivity contribution in [3.63, 3.8) is 0 Å². The van der Waals surface area contributed by atoms with E-state index < -0.39 is 12.1 Å². The number of allylic oxidation sites excluding steroid dienone is 4. The Balaban J connectivity index is 0. The van der Waals surface area contributed by atoms with E-state index in [-0.39, 0.29) is 28.6 Å². The third kappa shape index (κ3) is 13.7. The van der Waals surface area contributed by atoms with E-state index in [0.29, 0.717) is 0 Å². The molecular weight excluding hydrogens is 742 g/mol. The Bertz CT molecular complexity index is 989. The summed E-state index contributed by atoms with van der Waals surface area (Å²) in [6.07, 6.45) is 0. The first-order chi connectivity index (χ1) is 19.7. The number of benzene rings is 2. The third-order valence-electron chi connectivity index (χ3n) is 6.66. The molecule has 2 N–H and O–H groups in total. The molecule has 240 valence electrons. The van der Waals surface area contributed by atoms with Crippen molar-refractivity contribution in [3.8, 4) is 0 Å². The van der Waals surface area contributed by atoms with Crippen molar-refractivity contribution in [2.75, 3.05) is 13.3 Å². The van der Waals surface area contributed by atoms with Gasteiger partial charge >= 0.3 is 34.5 Å². The fourth-order valence-electron chi connectivity index (χ4n) is 5.00. The maximum absolute atomic E-state index is 8.07. The van der Waals surface area contributed by atoms with Crippen LogP contribution in [0.15, 0.2) is 81.4 Å². The first kappa shape index (κ1) is 45.1. The molecule has 0 spiro atoms. The van der Waals surface area contributed by atoms with Crippen LogP contribution in [0.3, 0.4) is 0 Å². The van der Waals surface area contributed by atoms with Crippen LogP contribution in [0, 0.1) is 5.92 Å². The maximum atomic E-state index is 8.07. The van der Waals surface area contributed by atoms with E-state index in [2.05, 4.69) is 64.5 Å². The molecule has 2 aliphatic heterocycles. The van der Waals surface area contributed by atoms with Gasteiger partial charge in [-0.2, -0.15) is 13.5 Å². The van der Waals surface area contributed by atoms with Crippen molar-refractivity contribution >= 4 is 73.6 Å². The van der Waals surface area contributed by atoms with Crippen molar-refractivity contribution in [1.82, 2.24) is 0 Å². The number of rotatable bonds is 6. The van der Waals surface area contributed by atoms with E-state index in [1.807, 2.05) is 88.4 Å². The smallest absolute Gasteiger partial charge is 0.0606 e. The van der Waals surface area contributed by atoms with Gasteiger partial charge in [-0.3, -0.25) is 0 Å². The van der Waals surface area contributed by atoms with E-state index in [0.717, 1.165) is 50.4 Å². The molecule has 0 aliphatic carbocycles. The minimum absolute atomic E-state index is 0. The Morgan fingerprint density at radius 2 is 1.12 bits per heavy atom. The quantitative estimate of drug-likeness (QED) is 0.216. The van der Waals surface area contributed by atoms with Crippen molar-refractivity contribution < 1.29 is 15.1 Å². The largest absolute Gasteiger partial charge is 0.672 e. The van der Waals surface area contributed by atoms with Gasteiger partial charge in [-0.25, -0.2) is 0 Å². The molecule has 0 amide bonds. The minimum atomic E-state index is -0.524. The average Bonchev–Trinajstić information content (AvgIpc) is 3.46. The summed E-state index contributed by atoms with van der Waals surface area (Å²) in [6.45, 7) is 22.3. The van der Waals surface area contributed by atoms with Crippen LogP contribution in [-0.4, -0.2) is 29.5 Å². The van der Waals surface area contributed by atoms with Gasteiger partial charge in [0.2, 0.25) is 0 Å². The summed E-state index contributed by atoms with van der Waals surface area (Å²) < 4.78 is 0. The number of halogens is 2. The van der Waals surface area contributed by atoms with Crippen LogP contribution >= 0.6 is 73.6 Å². The molecule has 42 heavy (non-hydrogen) atoms. The zero-order valence-electron chi connectivity index (χ0n) is 26.7. The van der Waals surface area contributed by atoms with E-state index in [1.54, 1.807) is 20.7 Å². The molecule has 0 radical (unpaired) electrons. The zero-order valence-corrected chi connectivity index (χ0v) is 34.5. The second kappa shape index (κ2) is 26.1. The predicted molar refractivity (Wildman–Crippen MR) is 207 cm³/mol. The Kier molecular flexibility index (Phi) is 28.0. The fourth-order valence-corrected chi connectivity index (χ4v) is 11.0. The van der Waals surface area contributed by atoms with Gasteiger partial charge in [0.1, 0.15) is 0 Å². The average molecular weight is 795 g/mol. The first-order valence-electron chi connectivity index (χ1n) is 14.2. The minimum Gasteiger partial charge on any atom is -0.672 e. The van der Waals surface area contributed by atoms with Gasteiger partial charge in [-0.05, 0) is 47.9 Å². The molecule has 4 unspecified atom stereocenters. The Morgan fingerprint density at radius 1 is 0.738 bits per heavy atom. The van der Waals surface area contributed by atoms with Crippen LogP contribution in [0.2, 0.25) is 0 Å². The molecule has 0 saturated carbocycles. The predicted octanol–water partition coefficient (Wildman–Crippen LogP) is 13.5.